The Hall–Kier alpha value is -1.03. The Labute approximate surface area is 113 Å². The van der Waals surface area contributed by atoms with Crippen molar-refractivity contribution in [3.8, 4) is 0 Å². The molecule has 0 saturated heterocycles. The van der Waals surface area contributed by atoms with Gasteiger partial charge < -0.3 is 5.32 Å². The number of alkyl halides is 3. The fraction of sp³-hybridized carbons (Fsp3) is 0.600. The zero-order valence-corrected chi connectivity index (χ0v) is 11.6. The summed E-state index contributed by atoms with van der Waals surface area (Å²) < 4.78 is 38.9. The molecule has 0 radical (unpaired) electrons. The average Bonchev–Trinajstić information content (AvgIpc) is 2.38. The van der Waals surface area contributed by atoms with E-state index in [1.165, 1.54) is 6.07 Å². The Balaban J connectivity index is 2.80. The van der Waals surface area contributed by atoms with Gasteiger partial charge in [0.25, 0.3) is 0 Å². The van der Waals surface area contributed by atoms with Gasteiger partial charge in [-0.1, -0.05) is 50.8 Å². The lowest BCUT2D eigenvalue weighted by atomic mass is 9.95. The van der Waals surface area contributed by atoms with Crippen LogP contribution in [0, 0.1) is 0 Å². The lowest BCUT2D eigenvalue weighted by Crippen LogP contribution is -2.21. The molecule has 0 amide bonds. The molecule has 0 bridgehead atoms. The van der Waals surface area contributed by atoms with E-state index < -0.39 is 11.7 Å². The molecule has 1 aromatic carbocycles. The summed E-state index contributed by atoms with van der Waals surface area (Å²) in [6.45, 7) is 2.12. The quantitative estimate of drug-likeness (QED) is 0.694. The Morgan fingerprint density at radius 2 is 1.79 bits per heavy atom. The van der Waals surface area contributed by atoms with E-state index in [2.05, 4.69) is 12.2 Å². The van der Waals surface area contributed by atoms with Crippen LogP contribution in [0.1, 0.15) is 56.2 Å². The van der Waals surface area contributed by atoms with Crippen LogP contribution in [0.2, 0.25) is 0 Å². The molecule has 0 saturated carbocycles. The summed E-state index contributed by atoms with van der Waals surface area (Å²) >= 11 is 0. The van der Waals surface area contributed by atoms with Gasteiger partial charge in [0.15, 0.2) is 0 Å². The van der Waals surface area contributed by atoms with Crippen molar-refractivity contribution >= 4 is 0 Å². The van der Waals surface area contributed by atoms with Crippen LogP contribution in [-0.2, 0) is 6.18 Å². The van der Waals surface area contributed by atoms with Gasteiger partial charge in [-0.2, -0.15) is 13.2 Å². The molecule has 1 nitrogen and oxygen atoms in total. The smallest absolute Gasteiger partial charge is 0.313 e. The van der Waals surface area contributed by atoms with Gasteiger partial charge in [-0.15, -0.1) is 0 Å². The first-order valence-electron chi connectivity index (χ1n) is 6.84. The summed E-state index contributed by atoms with van der Waals surface area (Å²) in [5, 5.41) is 3.01. The third-order valence-corrected chi connectivity index (χ3v) is 3.34. The fourth-order valence-corrected chi connectivity index (χ4v) is 2.29. The molecule has 0 aromatic heterocycles. The maximum absolute atomic E-state index is 13.0. The number of unbranched alkanes of at least 4 members (excludes halogenated alkanes) is 3. The van der Waals surface area contributed by atoms with Crippen molar-refractivity contribution in [2.45, 2.75) is 51.2 Å². The largest absolute Gasteiger partial charge is 0.416 e. The normalized spacial score (nSPS) is 13.5. The fourth-order valence-electron chi connectivity index (χ4n) is 2.29. The topological polar surface area (TPSA) is 12.0 Å². The highest BCUT2D eigenvalue weighted by atomic mass is 19.4. The minimum atomic E-state index is -4.28. The van der Waals surface area contributed by atoms with Gasteiger partial charge in [0.05, 0.1) is 5.56 Å². The van der Waals surface area contributed by atoms with Crippen LogP contribution < -0.4 is 5.32 Å². The van der Waals surface area contributed by atoms with E-state index in [-0.39, 0.29) is 6.04 Å². The lowest BCUT2D eigenvalue weighted by molar-refractivity contribution is -0.138. The third kappa shape index (κ3) is 4.86. The Morgan fingerprint density at radius 3 is 2.37 bits per heavy atom. The molecule has 1 aromatic rings. The number of benzene rings is 1. The van der Waals surface area contributed by atoms with E-state index in [4.69, 9.17) is 0 Å². The minimum absolute atomic E-state index is 0.227. The molecular formula is C15H22F3N. The van der Waals surface area contributed by atoms with Gasteiger partial charge in [-0.05, 0) is 25.1 Å². The molecule has 1 rings (SSSR count). The molecule has 1 unspecified atom stereocenters. The summed E-state index contributed by atoms with van der Waals surface area (Å²) in [5.41, 5.74) is -0.168. The SMILES string of the molecule is CCCCCCC(NC)c1ccccc1C(F)(F)F. The van der Waals surface area contributed by atoms with Crippen LogP contribution >= 0.6 is 0 Å². The van der Waals surface area contributed by atoms with Crippen LogP contribution in [0.3, 0.4) is 0 Å². The Kier molecular flexibility index (Phi) is 6.35. The molecule has 0 aliphatic rings. The van der Waals surface area contributed by atoms with E-state index in [1.807, 2.05) is 0 Å². The zero-order chi connectivity index (χ0) is 14.3. The van der Waals surface area contributed by atoms with Crippen molar-refractivity contribution in [2.75, 3.05) is 7.05 Å². The summed E-state index contributed by atoms with van der Waals surface area (Å²) in [6, 6.07) is 5.61. The second-order valence-electron chi connectivity index (χ2n) is 4.78. The molecule has 4 heteroatoms. The molecule has 108 valence electrons. The molecule has 19 heavy (non-hydrogen) atoms. The maximum Gasteiger partial charge on any atom is 0.416 e. The number of rotatable bonds is 7. The van der Waals surface area contributed by atoms with Gasteiger partial charge in [-0.3, -0.25) is 0 Å². The first kappa shape index (κ1) is 16.0. The predicted molar refractivity (Wildman–Crippen MR) is 72.0 cm³/mol. The molecule has 0 aliphatic heterocycles. The first-order valence-corrected chi connectivity index (χ1v) is 6.84. The van der Waals surface area contributed by atoms with Crippen LogP contribution in [0.25, 0.3) is 0 Å². The van der Waals surface area contributed by atoms with Crippen LogP contribution in [-0.4, -0.2) is 7.05 Å². The summed E-state index contributed by atoms with van der Waals surface area (Å²) in [4.78, 5) is 0. The van der Waals surface area contributed by atoms with Crippen molar-refractivity contribution < 1.29 is 13.2 Å². The van der Waals surface area contributed by atoms with Crippen molar-refractivity contribution in [3.63, 3.8) is 0 Å². The molecular weight excluding hydrogens is 251 g/mol. The predicted octanol–water partition coefficient (Wildman–Crippen LogP) is 4.94. The number of halogens is 3. The van der Waals surface area contributed by atoms with Gasteiger partial charge in [0, 0.05) is 6.04 Å². The van der Waals surface area contributed by atoms with Gasteiger partial charge in [0.2, 0.25) is 0 Å². The number of hydrogen-bond acceptors (Lipinski definition) is 1. The average molecular weight is 273 g/mol. The van der Waals surface area contributed by atoms with E-state index in [0.29, 0.717) is 5.56 Å². The number of nitrogens with one attached hydrogen (secondary N) is 1. The van der Waals surface area contributed by atoms with E-state index in [0.717, 1.165) is 38.2 Å². The highest BCUT2D eigenvalue weighted by Crippen LogP contribution is 2.35. The van der Waals surface area contributed by atoms with Gasteiger partial charge in [0.1, 0.15) is 0 Å². The molecule has 0 fully saturated rings. The number of hydrogen-bond donors (Lipinski definition) is 1. The van der Waals surface area contributed by atoms with Crippen LogP contribution in [0.15, 0.2) is 24.3 Å². The van der Waals surface area contributed by atoms with E-state index in [1.54, 1.807) is 19.2 Å². The minimum Gasteiger partial charge on any atom is -0.313 e. The second-order valence-corrected chi connectivity index (χ2v) is 4.78. The highest BCUT2D eigenvalue weighted by molar-refractivity contribution is 5.32. The summed E-state index contributed by atoms with van der Waals surface area (Å²) in [7, 11) is 1.72. The highest BCUT2D eigenvalue weighted by Gasteiger charge is 2.34. The van der Waals surface area contributed by atoms with Gasteiger partial charge in [-0.25, -0.2) is 0 Å². The molecule has 1 atom stereocenters. The van der Waals surface area contributed by atoms with Crippen LogP contribution in [0.5, 0.6) is 0 Å². The molecule has 1 N–H and O–H groups in total. The monoisotopic (exact) mass is 273 g/mol. The van der Waals surface area contributed by atoms with Crippen molar-refractivity contribution in [1.82, 2.24) is 5.32 Å². The van der Waals surface area contributed by atoms with E-state index >= 15 is 0 Å². The molecule has 0 heterocycles. The maximum atomic E-state index is 13.0. The molecule has 0 aliphatic carbocycles. The Morgan fingerprint density at radius 1 is 1.11 bits per heavy atom. The third-order valence-electron chi connectivity index (χ3n) is 3.34. The second kappa shape index (κ2) is 7.53. The molecule has 0 spiro atoms. The Bertz CT molecular complexity index is 374. The van der Waals surface area contributed by atoms with Crippen LogP contribution in [0.4, 0.5) is 13.2 Å². The first-order chi connectivity index (χ1) is 9.00. The van der Waals surface area contributed by atoms with Crippen molar-refractivity contribution in [2.24, 2.45) is 0 Å². The zero-order valence-electron chi connectivity index (χ0n) is 11.6. The summed E-state index contributed by atoms with van der Waals surface area (Å²) in [5.74, 6) is 0. The summed E-state index contributed by atoms with van der Waals surface area (Å²) in [6.07, 6.45) is 0.744. The van der Waals surface area contributed by atoms with E-state index in [9.17, 15) is 13.2 Å². The standard InChI is InChI=1S/C15H22F3N/c1-3-4-5-6-11-14(19-2)12-9-7-8-10-13(12)15(16,17)18/h7-10,14,19H,3-6,11H2,1-2H3. The van der Waals surface area contributed by atoms with Gasteiger partial charge >= 0.3 is 6.18 Å². The van der Waals surface area contributed by atoms with Crippen molar-refractivity contribution in [3.05, 3.63) is 35.4 Å². The van der Waals surface area contributed by atoms with Crippen molar-refractivity contribution in [1.29, 1.82) is 0 Å². The lowest BCUT2D eigenvalue weighted by Gasteiger charge is -2.21.